The maximum Gasteiger partial charge on any atom is 0.238 e. The first-order chi connectivity index (χ1) is 19.7. The SMILES string of the molecule is C/C=C(\C)C(O[C@@H]1O[C@H](CO)[C@@H](O)[C@H](O)[C@H]1O)C(C)/C=C(C)/C=C/CC(C)(O)/C=C/c1[nH]c(OC)c(OC)c(=O)c1C. The second-order valence-electron chi connectivity index (χ2n) is 10.9. The molecule has 0 saturated carbocycles. The molecule has 2 heterocycles. The van der Waals surface area contributed by atoms with Crippen LogP contribution >= 0.6 is 0 Å². The molecule has 11 heteroatoms. The Balaban J connectivity index is 2.14. The first kappa shape index (κ1) is 35.4. The minimum Gasteiger partial charge on any atom is -0.488 e. The van der Waals surface area contributed by atoms with Gasteiger partial charge in [0, 0.05) is 17.2 Å². The third-order valence-electron chi connectivity index (χ3n) is 7.37. The Bertz CT molecular complexity index is 1210. The molecule has 1 aromatic rings. The van der Waals surface area contributed by atoms with Crippen molar-refractivity contribution in [1.29, 1.82) is 0 Å². The van der Waals surface area contributed by atoms with Crippen LogP contribution in [-0.4, -0.2) is 93.8 Å². The molecule has 42 heavy (non-hydrogen) atoms. The molecule has 3 unspecified atom stereocenters. The summed E-state index contributed by atoms with van der Waals surface area (Å²) in [6.07, 6.45) is 3.75. The van der Waals surface area contributed by atoms with Crippen LogP contribution in [0.2, 0.25) is 0 Å². The van der Waals surface area contributed by atoms with Gasteiger partial charge in [0.25, 0.3) is 0 Å². The Hall–Kier alpha value is -2.77. The van der Waals surface area contributed by atoms with Gasteiger partial charge in [0.05, 0.1) is 32.5 Å². The smallest absolute Gasteiger partial charge is 0.238 e. The standard InChI is InChI=1S/C31H47NO10/c1-9-18(3)27(42-30-26(37)25(36)24(35)22(16-33)41-30)19(4)15-17(2)11-10-13-31(6,38)14-12-21-20(5)23(34)28(39-7)29(32-21)40-8/h9-12,14-15,19,22,24-27,30,33,35-38H,13,16H2,1-8H3,(H,32,34)/b11-10+,14-12+,17-15+,18-9+/t19?,22-,24-,25+,26-,27?,30+,31?/m1/s1. The zero-order valence-corrected chi connectivity index (χ0v) is 25.7. The van der Waals surface area contributed by atoms with Gasteiger partial charge in [-0.1, -0.05) is 42.9 Å². The molecule has 0 spiro atoms. The number of allylic oxidation sites excluding steroid dienone is 3. The Morgan fingerprint density at radius 2 is 1.81 bits per heavy atom. The summed E-state index contributed by atoms with van der Waals surface area (Å²) in [5.41, 5.74) is 1.17. The zero-order valence-electron chi connectivity index (χ0n) is 25.7. The summed E-state index contributed by atoms with van der Waals surface area (Å²) in [5, 5.41) is 51.0. The summed E-state index contributed by atoms with van der Waals surface area (Å²) in [6.45, 7) is 10.4. The zero-order chi connectivity index (χ0) is 31.8. The molecule has 1 aromatic heterocycles. The van der Waals surface area contributed by atoms with E-state index in [0.29, 0.717) is 11.3 Å². The van der Waals surface area contributed by atoms with Gasteiger partial charge in [0.15, 0.2) is 6.29 Å². The van der Waals surface area contributed by atoms with Crippen molar-refractivity contribution in [3.05, 3.63) is 63.0 Å². The molecule has 1 saturated heterocycles. The molecule has 1 aliphatic rings. The summed E-state index contributed by atoms with van der Waals surface area (Å²) in [6, 6.07) is 0. The molecule has 2 rings (SSSR count). The van der Waals surface area contributed by atoms with Crippen LogP contribution in [0.25, 0.3) is 6.08 Å². The number of aromatic nitrogens is 1. The second-order valence-corrected chi connectivity index (χ2v) is 10.9. The lowest BCUT2D eigenvalue weighted by Crippen LogP contribution is -2.60. The van der Waals surface area contributed by atoms with Crippen LogP contribution in [0.4, 0.5) is 0 Å². The second kappa shape index (κ2) is 15.6. The molecule has 1 aliphatic heterocycles. The number of pyridine rings is 1. The first-order valence-corrected chi connectivity index (χ1v) is 13.9. The average molecular weight is 594 g/mol. The van der Waals surface area contributed by atoms with Gasteiger partial charge in [-0.05, 0) is 52.7 Å². The van der Waals surface area contributed by atoms with E-state index in [9.17, 15) is 30.3 Å². The van der Waals surface area contributed by atoms with E-state index in [1.807, 2.05) is 52.0 Å². The number of rotatable bonds is 13. The summed E-state index contributed by atoms with van der Waals surface area (Å²) in [5.74, 6) is 0.0939. The van der Waals surface area contributed by atoms with E-state index in [0.717, 1.165) is 11.1 Å². The highest BCUT2D eigenvalue weighted by Crippen LogP contribution is 2.28. The lowest BCUT2D eigenvalue weighted by molar-refractivity contribution is -0.310. The van der Waals surface area contributed by atoms with Crippen molar-refractivity contribution in [1.82, 2.24) is 4.98 Å². The number of methoxy groups -OCH3 is 2. The normalized spacial score (nSPS) is 26.8. The molecule has 8 atom stereocenters. The number of ether oxygens (including phenoxy) is 4. The van der Waals surface area contributed by atoms with Crippen molar-refractivity contribution in [3.63, 3.8) is 0 Å². The molecule has 6 N–H and O–H groups in total. The van der Waals surface area contributed by atoms with Crippen LogP contribution < -0.4 is 14.9 Å². The molecule has 0 amide bonds. The molecule has 1 fully saturated rings. The summed E-state index contributed by atoms with van der Waals surface area (Å²) < 4.78 is 22.0. The van der Waals surface area contributed by atoms with Gasteiger partial charge in [-0.3, -0.25) is 4.79 Å². The Labute approximate surface area is 247 Å². The number of nitrogens with one attached hydrogen (secondary N) is 1. The number of aromatic amines is 1. The lowest BCUT2D eigenvalue weighted by Gasteiger charge is -2.41. The minimum atomic E-state index is -1.53. The van der Waals surface area contributed by atoms with Crippen LogP contribution in [-0.2, 0) is 9.47 Å². The third kappa shape index (κ3) is 8.87. The topological polar surface area (TPSA) is 171 Å². The van der Waals surface area contributed by atoms with Crippen molar-refractivity contribution < 1.29 is 44.5 Å². The molecule has 0 bridgehead atoms. The highest BCUT2D eigenvalue weighted by Gasteiger charge is 2.45. The van der Waals surface area contributed by atoms with Gasteiger partial charge in [-0.25, -0.2) is 0 Å². The van der Waals surface area contributed by atoms with Crippen LogP contribution in [0.3, 0.4) is 0 Å². The summed E-state index contributed by atoms with van der Waals surface area (Å²) in [4.78, 5) is 15.6. The molecule has 11 nitrogen and oxygen atoms in total. The monoisotopic (exact) mass is 593 g/mol. The van der Waals surface area contributed by atoms with Crippen molar-refractivity contribution in [3.8, 4) is 11.6 Å². The van der Waals surface area contributed by atoms with E-state index in [2.05, 4.69) is 4.98 Å². The summed E-state index contributed by atoms with van der Waals surface area (Å²) in [7, 11) is 2.82. The van der Waals surface area contributed by atoms with Crippen LogP contribution in [0.1, 0.15) is 52.3 Å². The molecular formula is C31H47NO10. The Morgan fingerprint density at radius 3 is 2.38 bits per heavy atom. The maximum atomic E-state index is 12.6. The average Bonchev–Trinajstić information content (AvgIpc) is 2.95. The van der Waals surface area contributed by atoms with Crippen LogP contribution in [0.5, 0.6) is 11.6 Å². The maximum absolute atomic E-state index is 12.6. The fourth-order valence-electron chi connectivity index (χ4n) is 4.67. The van der Waals surface area contributed by atoms with Gasteiger partial charge in [0.1, 0.15) is 24.4 Å². The van der Waals surface area contributed by atoms with E-state index in [1.165, 1.54) is 14.2 Å². The van der Waals surface area contributed by atoms with Crippen molar-refractivity contribution in [2.24, 2.45) is 5.92 Å². The molecule has 0 aromatic carbocycles. The first-order valence-electron chi connectivity index (χ1n) is 13.9. The quantitative estimate of drug-likeness (QED) is 0.147. The molecule has 0 radical (unpaired) electrons. The summed E-state index contributed by atoms with van der Waals surface area (Å²) >= 11 is 0. The Morgan fingerprint density at radius 1 is 1.14 bits per heavy atom. The van der Waals surface area contributed by atoms with Crippen molar-refractivity contribution in [2.45, 2.75) is 90.4 Å². The van der Waals surface area contributed by atoms with E-state index in [1.54, 1.807) is 26.0 Å². The van der Waals surface area contributed by atoms with Gasteiger partial charge < -0.3 is 49.5 Å². The van der Waals surface area contributed by atoms with Crippen molar-refractivity contribution in [2.75, 3.05) is 20.8 Å². The van der Waals surface area contributed by atoms with Crippen LogP contribution in [0, 0.1) is 12.8 Å². The fraction of sp³-hybridized carbons (Fsp3) is 0.581. The fourth-order valence-corrected chi connectivity index (χ4v) is 4.67. The van der Waals surface area contributed by atoms with E-state index >= 15 is 0 Å². The highest BCUT2D eigenvalue weighted by atomic mass is 16.7. The van der Waals surface area contributed by atoms with Gasteiger partial charge in [0.2, 0.25) is 17.1 Å². The van der Waals surface area contributed by atoms with Gasteiger partial charge in [-0.15, -0.1) is 0 Å². The molecule has 0 aliphatic carbocycles. The van der Waals surface area contributed by atoms with E-state index in [4.69, 9.17) is 18.9 Å². The van der Waals surface area contributed by atoms with E-state index < -0.39 is 49.0 Å². The van der Waals surface area contributed by atoms with E-state index in [-0.39, 0.29) is 29.4 Å². The predicted molar refractivity (Wildman–Crippen MR) is 159 cm³/mol. The molecule has 236 valence electrons. The third-order valence-corrected chi connectivity index (χ3v) is 7.37. The van der Waals surface area contributed by atoms with Gasteiger partial charge >= 0.3 is 0 Å². The number of hydrogen-bond donors (Lipinski definition) is 6. The lowest BCUT2D eigenvalue weighted by atomic mass is 9.94. The largest absolute Gasteiger partial charge is 0.488 e. The van der Waals surface area contributed by atoms with Crippen LogP contribution in [0.15, 0.2) is 46.3 Å². The van der Waals surface area contributed by atoms with Crippen molar-refractivity contribution >= 4 is 6.08 Å². The predicted octanol–water partition coefficient (Wildman–Crippen LogP) is 2.14. The Kier molecular flexibility index (Phi) is 13.2. The minimum absolute atomic E-state index is 0.0868. The highest BCUT2D eigenvalue weighted by molar-refractivity contribution is 5.54. The molecular weight excluding hydrogens is 546 g/mol. The van der Waals surface area contributed by atoms with Gasteiger partial charge in [-0.2, -0.15) is 0 Å². The number of H-pyrrole nitrogens is 1. The number of hydrogen-bond acceptors (Lipinski definition) is 10. The number of aliphatic hydroxyl groups is 5. The number of aliphatic hydroxyl groups excluding tert-OH is 4.